The van der Waals surface area contributed by atoms with Crippen LogP contribution in [0.25, 0.3) is 0 Å². The molecule has 0 N–H and O–H groups in total. The zero-order valence-corrected chi connectivity index (χ0v) is 16.8. The number of nitrogens with zero attached hydrogens (tertiary/aromatic N) is 4. The summed E-state index contributed by atoms with van der Waals surface area (Å²) < 4.78 is 31.2. The minimum atomic E-state index is -3.46. The number of hydrogen-bond donors (Lipinski definition) is 0. The maximum Gasteiger partial charge on any atom is 0.282 e. The minimum Gasteiger partial charge on any atom is -0.268 e. The summed E-state index contributed by atoms with van der Waals surface area (Å²) in [4.78, 5) is 12.5. The van der Waals surface area contributed by atoms with Gasteiger partial charge in [-0.25, -0.2) is 4.68 Å². The van der Waals surface area contributed by atoms with E-state index in [4.69, 9.17) is 0 Å². The molecule has 8 heteroatoms. The normalized spacial score (nSPS) is 25.3. The van der Waals surface area contributed by atoms with Gasteiger partial charge in [0, 0.05) is 31.7 Å². The lowest BCUT2D eigenvalue weighted by Gasteiger charge is -2.30. The third-order valence-corrected chi connectivity index (χ3v) is 8.26. The molecule has 1 aromatic heterocycles. The van der Waals surface area contributed by atoms with Crippen LogP contribution in [0.3, 0.4) is 0 Å². The summed E-state index contributed by atoms with van der Waals surface area (Å²) in [6, 6.07) is 1.54. The number of fused-ring (bicyclic) bond motifs is 1. The Labute approximate surface area is 161 Å². The molecule has 0 amide bonds. The Balaban J connectivity index is 1.54. The standard InChI is InChI=1S/C19H30N4O3S/c24-19-14-16-8-3-4-10-18(16)20-22(19)15-17-9-7-13-23(17)27(25,26)21-11-5-1-2-6-12-21/h14,17H,1-13,15H2. The first-order chi connectivity index (χ1) is 13.1. The Morgan fingerprint density at radius 2 is 1.70 bits per heavy atom. The van der Waals surface area contributed by atoms with Gasteiger partial charge >= 0.3 is 0 Å². The highest BCUT2D eigenvalue weighted by atomic mass is 32.2. The van der Waals surface area contributed by atoms with E-state index in [2.05, 4.69) is 5.10 Å². The summed E-state index contributed by atoms with van der Waals surface area (Å²) in [7, 11) is -3.46. The topological polar surface area (TPSA) is 75.5 Å². The summed E-state index contributed by atoms with van der Waals surface area (Å²) in [5.74, 6) is 0. The molecule has 150 valence electrons. The van der Waals surface area contributed by atoms with E-state index in [1.165, 1.54) is 4.68 Å². The summed E-state index contributed by atoms with van der Waals surface area (Å²) in [6.45, 7) is 2.13. The van der Waals surface area contributed by atoms with Crippen molar-refractivity contribution in [3.8, 4) is 0 Å². The van der Waals surface area contributed by atoms with Gasteiger partial charge in [0.25, 0.3) is 15.8 Å². The highest BCUT2D eigenvalue weighted by Gasteiger charge is 2.38. The molecule has 7 nitrogen and oxygen atoms in total. The van der Waals surface area contributed by atoms with Crippen LogP contribution < -0.4 is 5.56 Å². The molecule has 3 heterocycles. The molecule has 0 radical (unpaired) electrons. The van der Waals surface area contributed by atoms with Crippen LogP contribution in [0.5, 0.6) is 0 Å². The molecule has 2 saturated heterocycles. The molecular weight excluding hydrogens is 364 g/mol. The van der Waals surface area contributed by atoms with E-state index in [0.29, 0.717) is 26.2 Å². The zero-order valence-electron chi connectivity index (χ0n) is 16.0. The van der Waals surface area contributed by atoms with Gasteiger partial charge in [-0.3, -0.25) is 4.79 Å². The van der Waals surface area contributed by atoms with Crippen molar-refractivity contribution in [2.24, 2.45) is 0 Å². The fourth-order valence-electron chi connectivity index (χ4n) is 4.65. The molecule has 0 bridgehead atoms. The van der Waals surface area contributed by atoms with Gasteiger partial charge in [0.1, 0.15) is 0 Å². The van der Waals surface area contributed by atoms with Gasteiger partial charge in [0.05, 0.1) is 12.2 Å². The molecule has 4 rings (SSSR count). The smallest absolute Gasteiger partial charge is 0.268 e. The number of rotatable bonds is 4. The molecule has 3 aliphatic rings. The molecule has 1 unspecified atom stereocenters. The Hall–Kier alpha value is -1.25. The first-order valence-electron chi connectivity index (χ1n) is 10.4. The Bertz CT molecular complexity index is 828. The lowest BCUT2D eigenvalue weighted by Crippen LogP contribution is -2.48. The highest BCUT2D eigenvalue weighted by molar-refractivity contribution is 7.86. The second-order valence-electron chi connectivity index (χ2n) is 8.07. The molecule has 1 atom stereocenters. The van der Waals surface area contributed by atoms with Gasteiger partial charge in [-0.05, 0) is 56.9 Å². The maximum atomic E-state index is 13.2. The molecule has 1 aromatic rings. The van der Waals surface area contributed by atoms with Crippen molar-refractivity contribution in [3.05, 3.63) is 27.7 Å². The first kappa shape index (κ1) is 19.1. The number of hydrogen-bond acceptors (Lipinski definition) is 4. The van der Waals surface area contributed by atoms with E-state index in [9.17, 15) is 13.2 Å². The number of aryl methyl sites for hydroxylation is 2. The van der Waals surface area contributed by atoms with Crippen LogP contribution in [0.2, 0.25) is 0 Å². The van der Waals surface area contributed by atoms with E-state index in [1.807, 2.05) is 0 Å². The van der Waals surface area contributed by atoms with Gasteiger partial charge in [-0.2, -0.15) is 22.1 Å². The van der Waals surface area contributed by atoms with Gasteiger partial charge in [-0.1, -0.05) is 12.8 Å². The zero-order chi connectivity index (χ0) is 18.9. The van der Waals surface area contributed by atoms with Gasteiger partial charge < -0.3 is 0 Å². The van der Waals surface area contributed by atoms with E-state index < -0.39 is 10.2 Å². The monoisotopic (exact) mass is 394 g/mol. The molecule has 0 spiro atoms. The van der Waals surface area contributed by atoms with E-state index >= 15 is 0 Å². The SMILES string of the molecule is O=c1cc2c(nn1CC1CCCN1S(=O)(=O)N1CCCCCC1)CCCC2. The lowest BCUT2D eigenvalue weighted by atomic mass is 9.97. The van der Waals surface area contributed by atoms with Crippen LogP contribution in [0.1, 0.15) is 62.6 Å². The molecule has 2 aliphatic heterocycles. The van der Waals surface area contributed by atoms with E-state index in [1.54, 1.807) is 14.7 Å². The molecule has 2 fully saturated rings. The molecular formula is C19H30N4O3S. The Morgan fingerprint density at radius 3 is 2.48 bits per heavy atom. The summed E-state index contributed by atoms with van der Waals surface area (Å²) in [5, 5.41) is 4.59. The van der Waals surface area contributed by atoms with Crippen molar-refractivity contribution in [2.75, 3.05) is 19.6 Å². The van der Waals surface area contributed by atoms with Crippen molar-refractivity contribution < 1.29 is 8.42 Å². The van der Waals surface area contributed by atoms with Gasteiger partial charge in [0.2, 0.25) is 0 Å². The van der Waals surface area contributed by atoms with Crippen molar-refractivity contribution in [1.82, 2.24) is 18.4 Å². The molecule has 27 heavy (non-hydrogen) atoms. The van der Waals surface area contributed by atoms with E-state index in [-0.39, 0.29) is 11.6 Å². The third kappa shape index (κ3) is 3.98. The number of aromatic nitrogens is 2. The van der Waals surface area contributed by atoms with Crippen molar-refractivity contribution in [1.29, 1.82) is 0 Å². The first-order valence-corrected chi connectivity index (χ1v) is 11.8. The van der Waals surface area contributed by atoms with Crippen molar-refractivity contribution >= 4 is 10.2 Å². The largest absolute Gasteiger partial charge is 0.282 e. The van der Waals surface area contributed by atoms with Crippen molar-refractivity contribution in [2.45, 2.75) is 76.8 Å². The highest BCUT2D eigenvalue weighted by Crippen LogP contribution is 2.26. The predicted octanol–water partition coefficient (Wildman–Crippen LogP) is 1.71. The van der Waals surface area contributed by atoms with Crippen LogP contribution in [-0.2, 0) is 29.6 Å². The molecule has 0 aromatic carbocycles. The van der Waals surface area contributed by atoms with Gasteiger partial charge in [0.15, 0.2) is 0 Å². The van der Waals surface area contributed by atoms with Crippen molar-refractivity contribution in [3.63, 3.8) is 0 Å². The maximum absolute atomic E-state index is 13.2. The van der Waals surface area contributed by atoms with Crippen LogP contribution >= 0.6 is 0 Å². The average molecular weight is 395 g/mol. The molecule has 0 saturated carbocycles. The summed E-state index contributed by atoms with van der Waals surface area (Å²) in [6.07, 6.45) is 9.77. The Morgan fingerprint density at radius 1 is 0.963 bits per heavy atom. The fourth-order valence-corrected chi connectivity index (χ4v) is 6.57. The average Bonchev–Trinajstić information content (AvgIpc) is 2.95. The van der Waals surface area contributed by atoms with Crippen LogP contribution in [0, 0.1) is 0 Å². The Kier molecular flexibility index (Phi) is 5.66. The third-order valence-electron chi connectivity index (χ3n) is 6.17. The van der Waals surface area contributed by atoms with Crippen LogP contribution in [0.15, 0.2) is 10.9 Å². The lowest BCUT2D eigenvalue weighted by molar-refractivity contribution is 0.298. The van der Waals surface area contributed by atoms with Crippen LogP contribution in [0.4, 0.5) is 0 Å². The quantitative estimate of drug-likeness (QED) is 0.779. The second-order valence-corrected chi connectivity index (χ2v) is 9.95. The second kappa shape index (κ2) is 8.01. The predicted molar refractivity (Wildman–Crippen MR) is 104 cm³/mol. The minimum absolute atomic E-state index is 0.102. The van der Waals surface area contributed by atoms with Gasteiger partial charge in [-0.15, -0.1) is 0 Å². The summed E-state index contributed by atoms with van der Waals surface area (Å²) >= 11 is 0. The van der Waals surface area contributed by atoms with E-state index in [0.717, 1.165) is 75.5 Å². The molecule has 1 aliphatic carbocycles. The summed E-state index contributed by atoms with van der Waals surface area (Å²) in [5.41, 5.74) is 1.98. The van der Waals surface area contributed by atoms with Crippen LogP contribution in [-0.4, -0.2) is 52.5 Å². The fraction of sp³-hybridized carbons (Fsp3) is 0.789.